The van der Waals surface area contributed by atoms with Crippen molar-refractivity contribution in [2.75, 3.05) is 6.54 Å². The largest absolute Gasteiger partial charge is 0.467 e. The van der Waals surface area contributed by atoms with E-state index in [9.17, 15) is 18.4 Å². The second-order valence-electron chi connectivity index (χ2n) is 6.44. The van der Waals surface area contributed by atoms with Gasteiger partial charge < -0.3 is 19.4 Å². The molecular weight excluding hydrogens is 358 g/mol. The number of furan rings is 1. The zero-order valence-electron chi connectivity index (χ0n) is 14.7. The molecule has 1 saturated heterocycles. The predicted molar refractivity (Wildman–Crippen MR) is 91.9 cm³/mol. The lowest BCUT2D eigenvalue weighted by molar-refractivity contribution is -0.129. The van der Waals surface area contributed by atoms with Gasteiger partial charge in [-0.15, -0.1) is 0 Å². The SMILES string of the molecule is CC(NC(=O)C1CC(=O)N(Cc2ccco2)C1)c1cccc(OC(F)F)c1. The monoisotopic (exact) mass is 378 g/mol. The topological polar surface area (TPSA) is 71.8 Å². The summed E-state index contributed by atoms with van der Waals surface area (Å²) in [4.78, 5) is 26.2. The van der Waals surface area contributed by atoms with Crippen molar-refractivity contribution >= 4 is 11.8 Å². The Morgan fingerprint density at radius 1 is 1.37 bits per heavy atom. The van der Waals surface area contributed by atoms with Crippen molar-refractivity contribution in [1.29, 1.82) is 0 Å². The number of rotatable bonds is 7. The lowest BCUT2D eigenvalue weighted by Gasteiger charge is -2.18. The number of carbonyl (C=O) groups is 2. The summed E-state index contributed by atoms with van der Waals surface area (Å²) in [5, 5.41) is 2.83. The number of ether oxygens (including phenoxy) is 1. The molecule has 2 amide bonds. The smallest absolute Gasteiger partial charge is 0.387 e. The minimum absolute atomic E-state index is 0.0317. The molecule has 2 unspecified atom stereocenters. The molecule has 6 nitrogen and oxygen atoms in total. The molecule has 2 aromatic rings. The molecule has 1 aromatic heterocycles. The van der Waals surface area contributed by atoms with E-state index >= 15 is 0 Å². The van der Waals surface area contributed by atoms with E-state index in [0.717, 1.165) is 0 Å². The van der Waals surface area contributed by atoms with E-state index in [4.69, 9.17) is 4.42 Å². The lowest BCUT2D eigenvalue weighted by atomic mass is 10.0. The van der Waals surface area contributed by atoms with Crippen LogP contribution in [-0.2, 0) is 16.1 Å². The molecule has 1 aromatic carbocycles. The maximum absolute atomic E-state index is 12.5. The minimum atomic E-state index is -2.91. The minimum Gasteiger partial charge on any atom is -0.467 e. The molecule has 0 radical (unpaired) electrons. The van der Waals surface area contributed by atoms with Crippen molar-refractivity contribution in [2.45, 2.75) is 32.5 Å². The van der Waals surface area contributed by atoms with Gasteiger partial charge in [-0.1, -0.05) is 12.1 Å². The fraction of sp³-hybridized carbons (Fsp3) is 0.368. The Labute approximate surface area is 155 Å². The average Bonchev–Trinajstić information content (AvgIpc) is 3.25. The van der Waals surface area contributed by atoms with E-state index in [2.05, 4.69) is 10.1 Å². The highest BCUT2D eigenvalue weighted by atomic mass is 19.3. The quantitative estimate of drug-likeness (QED) is 0.804. The Hall–Kier alpha value is -2.90. The number of hydrogen-bond donors (Lipinski definition) is 1. The van der Waals surface area contributed by atoms with Gasteiger partial charge in [0.2, 0.25) is 11.8 Å². The van der Waals surface area contributed by atoms with Crippen LogP contribution in [0.5, 0.6) is 5.75 Å². The number of likely N-dealkylation sites (tertiary alicyclic amines) is 1. The fourth-order valence-electron chi connectivity index (χ4n) is 3.07. The molecular formula is C19H20F2N2O4. The molecule has 3 rings (SSSR count). The van der Waals surface area contributed by atoms with Gasteiger partial charge in [-0.25, -0.2) is 0 Å². The molecule has 0 saturated carbocycles. The molecule has 1 N–H and O–H groups in total. The van der Waals surface area contributed by atoms with Crippen molar-refractivity contribution in [3.05, 3.63) is 54.0 Å². The first-order chi connectivity index (χ1) is 12.9. The van der Waals surface area contributed by atoms with Crippen LogP contribution >= 0.6 is 0 Å². The first kappa shape index (κ1) is 18.9. The van der Waals surface area contributed by atoms with Gasteiger partial charge >= 0.3 is 6.61 Å². The van der Waals surface area contributed by atoms with Crippen molar-refractivity contribution in [2.24, 2.45) is 5.92 Å². The number of hydrogen-bond acceptors (Lipinski definition) is 4. The summed E-state index contributed by atoms with van der Waals surface area (Å²) in [6.45, 7) is -0.517. The summed E-state index contributed by atoms with van der Waals surface area (Å²) in [6.07, 6.45) is 1.67. The van der Waals surface area contributed by atoms with Gasteiger partial charge in [0.1, 0.15) is 11.5 Å². The van der Waals surface area contributed by atoms with Gasteiger partial charge in [0, 0.05) is 13.0 Å². The number of nitrogens with zero attached hydrogens (tertiary/aromatic N) is 1. The number of amides is 2. The molecule has 1 aliphatic rings. The Morgan fingerprint density at radius 3 is 2.89 bits per heavy atom. The zero-order valence-corrected chi connectivity index (χ0v) is 14.7. The summed E-state index contributed by atoms with van der Waals surface area (Å²) in [5.74, 6) is -0.127. The molecule has 27 heavy (non-hydrogen) atoms. The van der Waals surface area contributed by atoms with Gasteiger partial charge in [-0.2, -0.15) is 8.78 Å². The van der Waals surface area contributed by atoms with Gasteiger partial charge in [0.05, 0.1) is 24.8 Å². The van der Waals surface area contributed by atoms with Gasteiger partial charge in [-0.05, 0) is 36.8 Å². The van der Waals surface area contributed by atoms with Crippen LogP contribution in [0.2, 0.25) is 0 Å². The van der Waals surface area contributed by atoms with Crippen LogP contribution in [0, 0.1) is 5.92 Å². The van der Waals surface area contributed by atoms with E-state index in [-0.39, 0.29) is 24.0 Å². The standard InChI is InChI=1S/C19H20F2N2O4/c1-12(13-4-2-5-15(8-13)27-19(20)21)22-18(25)14-9-17(24)23(10-14)11-16-6-3-7-26-16/h2-8,12,14,19H,9-11H2,1H3,(H,22,25). The van der Waals surface area contributed by atoms with Crippen LogP contribution in [-0.4, -0.2) is 29.9 Å². The Kier molecular flexibility index (Phi) is 5.73. The third kappa shape index (κ3) is 4.84. The Balaban J connectivity index is 1.58. The Morgan fingerprint density at radius 2 is 2.19 bits per heavy atom. The molecule has 2 atom stereocenters. The van der Waals surface area contributed by atoms with E-state index in [0.29, 0.717) is 24.4 Å². The van der Waals surface area contributed by atoms with Gasteiger partial charge in [-0.3, -0.25) is 9.59 Å². The second kappa shape index (κ2) is 8.20. The van der Waals surface area contributed by atoms with Crippen molar-refractivity contribution in [1.82, 2.24) is 10.2 Å². The number of benzene rings is 1. The number of carbonyl (C=O) groups excluding carboxylic acids is 2. The summed E-state index contributed by atoms with van der Waals surface area (Å²) in [7, 11) is 0. The molecule has 0 bridgehead atoms. The van der Waals surface area contributed by atoms with Crippen LogP contribution in [0.3, 0.4) is 0 Å². The first-order valence-electron chi connectivity index (χ1n) is 8.57. The van der Waals surface area contributed by atoms with Crippen molar-refractivity contribution in [3.63, 3.8) is 0 Å². The number of halogens is 2. The van der Waals surface area contributed by atoms with Crippen molar-refractivity contribution < 1.29 is 27.5 Å². The Bertz CT molecular complexity index is 795. The maximum atomic E-state index is 12.5. The normalized spacial score (nSPS) is 18.0. The highest BCUT2D eigenvalue weighted by Crippen LogP contribution is 2.24. The molecule has 1 fully saturated rings. The third-order valence-corrected chi connectivity index (χ3v) is 4.45. The average molecular weight is 378 g/mol. The van der Waals surface area contributed by atoms with Crippen LogP contribution < -0.4 is 10.1 Å². The van der Waals surface area contributed by atoms with Crippen LogP contribution in [0.4, 0.5) is 8.78 Å². The molecule has 0 spiro atoms. The highest BCUT2D eigenvalue weighted by molar-refractivity contribution is 5.89. The second-order valence-corrected chi connectivity index (χ2v) is 6.44. The summed E-state index contributed by atoms with van der Waals surface area (Å²) in [5.41, 5.74) is 0.637. The van der Waals surface area contributed by atoms with E-state index in [1.54, 1.807) is 36.1 Å². The summed E-state index contributed by atoms with van der Waals surface area (Å²) >= 11 is 0. The van der Waals surface area contributed by atoms with Gasteiger partial charge in [0.25, 0.3) is 0 Å². The lowest BCUT2D eigenvalue weighted by Crippen LogP contribution is -2.34. The van der Waals surface area contributed by atoms with Crippen LogP contribution in [0.1, 0.15) is 30.7 Å². The summed E-state index contributed by atoms with van der Waals surface area (Å²) < 4.78 is 34.3. The molecule has 8 heteroatoms. The zero-order chi connectivity index (χ0) is 19.4. The first-order valence-corrected chi connectivity index (χ1v) is 8.57. The molecule has 1 aliphatic heterocycles. The highest BCUT2D eigenvalue weighted by Gasteiger charge is 2.35. The van der Waals surface area contributed by atoms with Gasteiger partial charge in [0.15, 0.2) is 0 Å². The molecule has 144 valence electrons. The fourth-order valence-corrected chi connectivity index (χ4v) is 3.07. The maximum Gasteiger partial charge on any atom is 0.387 e. The predicted octanol–water partition coefficient (Wildman–Crippen LogP) is 3.11. The van der Waals surface area contributed by atoms with Crippen molar-refractivity contribution in [3.8, 4) is 5.75 Å². The van der Waals surface area contributed by atoms with Crippen LogP contribution in [0.25, 0.3) is 0 Å². The summed E-state index contributed by atoms with van der Waals surface area (Å²) in [6, 6.07) is 9.29. The van der Waals surface area contributed by atoms with E-state index < -0.39 is 18.6 Å². The van der Waals surface area contributed by atoms with E-state index in [1.807, 2.05) is 0 Å². The number of nitrogens with one attached hydrogen (secondary N) is 1. The molecule has 2 heterocycles. The number of alkyl halides is 2. The van der Waals surface area contributed by atoms with E-state index in [1.165, 1.54) is 18.4 Å². The third-order valence-electron chi connectivity index (χ3n) is 4.45. The van der Waals surface area contributed by atoms with Crippen LogP contribution in [0.15, 0.2) is 47.1 Å². The molecule has 0 aliphatic carbocycles.